The van der Waals surface area contributed by atoms with Gasteiger partial charge in [-0.05, 0) is 18.3 Å². The molecule has 20 heavy (non-hydrogen) atoms. The first-order valence-electron chi connectivity index (χ1n) is 6.67. The van der Waals surface area contributed by atoms with Crippen LogP contribution in [0.15, 0.2) is 6.07 Å². The Bertz CT molecular complexity index is 485. The molecule has 7 heteroatoms. The SMILES string of the molecule is CC1(C)CCCCC1Nc1cc(N)nc(C(F)(F)F)n1. The fraction of sp³-hybridized carbons (Fsp3) is 0.692. The topological polar surface area (TPSA) is 63.8 Å². The molecule has 0 aliphatic heterocycles. The highest BCUT2D eigenvalue weighted by molar-refractivity contribution is 5.46. The summed E-state index contributed by atoms with van der Waals surface area (Å²) in [7, 11) is 0. The molecule has 1 unspecified atom stereocenters. The number of nitrogens with one attached hydrogen (secondary N) is 1. The number of aromatic nitrogens is 2. The second-order valence-electron chi connectivity index (χ2n) is 5.93. The molecule has 1 fully saturated rings. The largest absolute Gasteiger partial charge is 0.451 e. The molecule has 1 aliphatic carbocycles. The van der Waals surface area contributed by atoms with Crippen molar-refractivity contribution in [2.45, 2.75) is 51.7 Å². The Kier molecular flexibility index (Phi) is 3.80. The number of halogens is 3. The van der Waals surface area contributed by atoms with E-state index < -0.39 is 12.0 Å². The second kappa shape index (κ2) is 5.10. The molecule has 0 amide bonds. The van der Waals surface area contributed by atoms with Gasteiger partial charge in [0.25, 0.3) is 0 Å². The lowest BCUT2D eigenvalue weighted by Gasteiger charge is -2.39. The minimum atomic E-state index is -4.59. The highest BCUT2D eigenvalue weighted by atomic mass is 19.4. The van der Waals surface area contributed by atoms with Crippen molar-refractivity contribution in [3.63, 3.8) is 0 Å². The van der Waals surface area contributed by atoms with Crippen molar-refractivity contribution in [1.29, 1.82) is 0 Å². The van der Waals surface area contributed by atoms with Crippen molar-refractivity contribution in [1.82, 2.24) is 9.97 Å². The van der Waals surface area contributed by atoms with E-state index in [9.17, 15) is 13.2 Å². The van der Waals surface area contributed by atoms with Gasteiger partial charge < -0.3 is 11.1 Å². The molecule has 0 bridgehead atoms. The minimum absolute atomic E-state index is 0.0242. The summed E-state index contributed by atoms with van der Waals surface area (Å²) in [6.45, 7) is 4.22. The average molecular weight is 288 g/mol. The molecule has 1 saturated carbocycles. The number of nitrogens with zero attached hydrogens (tertiary/aromatic N) is 2. The molecule has 0 spiro atoms. The van der Waals surface area contributed by atoms with Crippen molar-refractivity contribution in [2.75, 3.05) is 11.1 Å². The van der Waals surface area contributed by atoms with Crippen LogP contribution in [0.4, 0.5) is 24.8 Å². The van der Waals surface area contributed by atoms with Crippen LogP contribution < -0.4 is 11.1 Å². The van der Waals surface area contributed by atoms with Crippen LogP contribution in [0.3, 0.4) is 0 Å². The van der Waals surface area contributed by atoms with E-state index in [1.807, 2.05) is 0 Å². The standard InChI is InChI=1S/C13H19F3N4/c1-12(2)6-4-3-5-8(12)18-10-7-9(17)19-11(20-10)13(14,15)16/h7-8H,3-6H2,1-2H3,(H3,17,18,19,20). The van der Waals surface area contributed by atoms with Gasteiger partial charge in [0.05, 0.1) is 0 Å². The van der Waals surface area contributed by atoms with E-state index in [2.05, 4.69) is 29.1 Å². The average Bonchev–Trinajstić information content (AvgIpc) is 2.30. The van der Waals surface area contributed by atoms with Crippen LogP contribution in [0, 0.1) is 5.41 Å². The number of nitrogens with two attached hydrogens (primary N) is 1. The summed E-state index contributed by atoms with van der Waals surface area (Å²) >= 11 is 0. The van der Waals surface area contributed by atoms with E-state index in [1.54, 1.807) is 0 Å². The third-order valence-electron chi connectivity index (χ3n) is 3.83. The maximum absolute atomic E-state index is 12.7. The molecule has 3 N–H and O–H groups in total. The lowest BCUT2D eigenvalue weighted by Crippen LogP contribution is -2.39. The molecule has 0 aromatic carbocycles. The maximum atomic E-state index is 12.7. The van der Waals surface area contributed by atoms with Crippen molar-refractivity contribution < 1.29 is 13.2 Å². The summed E-state index contributed by atoms with van der Waals surface area (Å²) in [6.07, 6.45) is -0.428. The summed E-state index contributed by atoms with van der Waals surface area (Å²) in [6, 6.07) is 1.44. The van der Waals surface area contributed by atoms with Gasteiger partial charge >= 0.3 is 6.18 Å². The van der Waals surface area contributed by atoms with Gasteiger partial charge in [0.15, 0.2) is 0 Å². The van der Waals surface area contributed by atoms with Gasteiger partial charge in [-0.2, -0.15) is 13.2 Å². The number of alkyl halides is 3. The molecule has 1 aromatic rings. The van der Waals surface area contributed by atoms with Crippen molar-refractivity contribution in [3.8, 4) is 0 Å². The summed E-state index contributed by atoms with van der Waals surface area (Å²) in [4.78, 5) is 6.77. The lowest BCUT2D eigenvalue weighted by atomic mass is 9.73. The van der Waals surface area contributed by atoms with Gasteiger partial charge in [-0.3, -0.25) is 0 Å². The Hall–Kier alpha value is -1.53. The molecule has 2 rings (SSSR count). The number of nitrogen functional groups attached to an aromatic ring is 1. The van der Waals surface area contributed by atoms with Crippen LogP contribution in [0.25, 0.3) is 0 Å². The van der Waals surface area contributed by atoms with Crippen molar-refractivity contribution in [3.05, 3.63) is 11.9 Å². The van der Waals surface area contributed by atoms with Gasteiger partial charge in [0.1, 0.15) is 11.6 Å². The smallest absolute Gasteiger partial charge is 0.384 e. The monoisotopic (exact) mass is 288 g/mol. The normalized spacial score (nSPS) is 22.6. The Balaban J connectivity index is 2.23. The number of anilines is 2. The van der Waals surface area contributed by atoms with Crippen LogP contribution in [0.1, 0.15) is 45.4 Å². The van der Waals surface area contributed by atoms with E-state index in [1.165, 1.54) is 6.07 Å². The van der Waals surface area contributed by atoms with Crippen molar-refractivity contribution >= 4 is 11.6 Å². The van der Waals surface area contributed by atoms with Crippen LogP contribution >= 0.6 is 0 Å². The molecular weight excluding hydrogens is 269 g/mol. The highest BCUT2D eigenvalue weighted by Crippen LogP contribution is 2.37. The van der Waals surface area contributed by atoms with E-state index in [4.69, 9.17) is 5.73 Å². The predicted octanol–water partition coefficient (Wildman–Crippen LogP) is 3.46. The Morgan fingerprint density at radius 1 is 1.30 bits per heavy atom. The van der Waals surface area contributed by atoms with Crippen LogP contribution in [0.5, 0.6) is 0 Å². The first kappa shape index (κ1) is 14.9. The molecule has 0 saturated heterocycles. The van der Waals surface area contributed by atoms with Crippen LogP contribution in [0.2, 0.25) is 0 Å². The maximum Gasteiger partial charge on any atom is 0.451 e. The first-order valence-corrected chi connectivity index (χ1v) is 6.67. The van der Waals surface area contributed by atoms with Gasteiger partial charge in [0, 0.05) is 12.1 Å². The van der Waals surface area contributed by atoms with Gasteiger partial charge in [0.2, 0.25) is 5.82 Å². The Labute approximate surface area is 116 Å². The number of hydrogen-bond donors (Lipinski definition) is 2. The zero-order valence-corrected chi connectivity index (χ0v) is 11.6. The van der Waals surface area contributed by atoms with Gasteiger partial charge in [-0.1, -0.05) is 26.7 Å². The van der Waals surface area contributed by atoms with E-state index in [0.717, 1.165) is 25.7 Å². The van der Waals surface area contributed by atoms with Gasteiger partial charge in [-0.25, -0.2) is 9.97 Å². The molecule has 1 aliphatic rings. The van der Waals surface area contributed by atoms with Gasteiger partial charge in [-0.15, -0.1) is 0 Å². The Morgan fingerprint density at radius 2 is 2.00 bits per heavy atom. The Morgan fingerprint density at radius 3 is 2.60 bits per heavy atom. The summed E-state index contributed by atoms with van der Waals surface area (Å²) < 4.78 is 38.0. The molecule has 1 heterocycles. The highest BCUT2D eigenvalue weighted by Gasteiger charge is 2.36. The summed E-state index contributed by atoms with van der Waals surface area (Å²) in [5.41, 5.74) is 5.46. The number of hydrogen-bond acceptors (Lipinski definition) is 4. The minimum Gasteiger partial charge on any atom is -0.384 e. The van der Waals surface area contributed by atoms with Crippen LogP contribution in [-0.4, -0.2) is 16.0 Å². The second-order valence-corrected chi connectivity index (χ2v) is 5.93. The fourth-order valence-corrected chi connectivity index (χ4v) is 2.61. The van der Waals surface area contributed by atoms with Crippen molar-refractivity contribution in [2.24, 2.45) is 5.41 Å². The molecule has 0 radical (unpaired) electrons. The quantitative estimate of drug-likeness (QED) is 0.874. The molecule has 4 nitrogen and oxygen atoms in total. The van der Waals surface area contributed by atoms with E-state index in [0.29, 0.717) is 0 Å². The third kappa shape index (κ3) is 3.32. The summed E-state index contributed by atoms with van der Waals surface area (Å²) in [5, 5.41) is 3.09. The predicted molar refractivity (Wildman–Crippen MR) is 71.1 cm³/mol. The molecule has 1 aromatic heterocycles. The fourth-order valence-electron chi connectivity index (χ4n) is 2.61. The molecule has 1 atom stereocenters. The third-order valence-corrected chi connectivity index (χ3v) is 3.83. The van der Waals surface area contributed by atoms with Crippen LogP contribution in [-0.2, 0) is 6.18 Å². The lowest BCUT2D eigenvalue weighted by molar-refractivity contribution is -0.144. The van der Waals surface area contributed by atoms with E-state index in [-0.39, 0.29) is 23.1 Å². The summed E-state index contributed by atoms with van der Waals surface area (Å²) in [5.74, 6) is -1.23. The zero-order valence-electron chi connectivity index (χ0n) is 11.6. The molecular formula is C13H19F3N4. The number of rotatable bonds is 2. The molecule has 112 valence electrons. The first-order chi connectivity index (χ1) is 9.18. The van der Waals surface area contributed by atoms with E-state index >= 15 is 0 Å². The zero-order chi connectivity index (χ0) is 15.0.